The molecule has 0 aliphatic rings. The van der Waals surface area contributed by atoms with Crippen LogP contribution >= 0.6 is 0 Å². The highest BCUT2D eigenvalue weighted by atomic mass is 16.5. The number of rotatable bonds is 71. The summed E-state index contributed by atoms with van der Waals surface area (Å²) in [5.41, 5.74) is 0. The summed E-state index contributed by atoms with van der Waals surface area (Å²) in [5.74, 6) is -0.0467. The number of aliphatic hydroxyl groups excluding tert-OH is 2. The molecule has 6 nitrogen and oxygen atoms in total. The number of ether oxygens (including phenoxy) is 1. The van der Waals surface area contributed by atoms with Crippen molar-refractivity contribution in [1.29, 1.82) is 0 Å². The first-order valence-corrected chi connectivity index (χ1v) is 37.8. The Labute approximate surface area is 519 Å². The summed E-state index contributed by atoms with van der Waals surface area (Å²) in [4.78, 5) is 24.7. The summed E-state index contributed by atoms with van der Waals surface area (Å²) in [6, 6.07) is -0.627. The van der Waals surface area contributed by atoms with Crippen LogP contribution in [-0.2, 0) is 14.3 Å². The van der Waals surface area contributed by atoms with Crippen LogP contribution < -0.4 is 5.32 Å². The summed E-state index contributed by atoms with van der Waals surface area (Å²) in [6.07, 6.45) is 93.8. The zero-order valence-electron chi connectivity index (χ0n) is 56.2. The fourth-order valence-corrected chi connectivity index (χ4v) is 11.9. The van der Waals surface area contributed by atoms with Gasteiger partial charge in [-0.25, -0.2) is 0 Å². The second-order valence-electron chi connectivity index (χ2n) is 26.0. The Kier molecular flexibility index (Phi) is 70.9. The van der Waals surface area contributed by atoms with Gasteiger partial charge in [0, 0.05) is 12.8 Å². The smallest absolute Gasteiger partial charge is 0.305 e. The maximum absolute atomic E-state index is 12.5. The van der Waals surface area contributed by atoms with Crippen LogP contribution in [0.5, 0.6) is 0 Å². The lowest BCUT2D eigenvalue weighted by Crippen LogP contribution is -2.45. The van der Waals surface area contributed by atoms with E-state index in [1.54, 1.807) is 6.08 Å². The van der Waals surface area contributed by atoms with Crippen LogP contribution in [0.3, 0.4) is 0 Å². The van der Waals surface area contributed by atoms with E-state index in [2.05, 4.69) is 43.5 Å². The van der Waals surface area contributed by atoms with Crippen molar-refractivity contribution >= 4 is 11.9 Å². The van der Waals surface area contributed by atoms with Gasteiger partial charge in [-0.1, -0.05) is 378 Å². The minimum atomic E-state index is -0.844. The quantitative estimate of drug-likeness (QED) is 0.0320. The van der Waals surface area contributed by atoms with E-state index < -0.39 is 12.1 Å². The van der Waals surface area contributed by atoms with Gasteiger partial charge in [-0.05, 0) is 64.2 Å². The number of amides is 1. The first-order chi connectivity index (χ1) is 41.0. The van der Waals surface area contributed by atoms with Crippen molar-refractivity contribution < 1.29 is 24.5 Å². The van der Waals surface area contributed by atoms with Crippen LogP contribution in [0.15, 0.2) is 36.5 Å². The minimum Gasteiger partial charge on any atom is -0.466 e. The molecule has 0 rings (SSSR count). The lowest BCUT2D eigenvalue weighted by Gasteiger charge is -2.20. The van der Waals surface area contributed by atoms with Crippen LogP contribution in [0.4, 0.5) is 0 Å². The van der Waals surface area contributed by atoms with E-state index >= 15 is 0 Å². The molecule has 83 heavy (non-hydrogen) atoms. The molecule has 0 aliphatic carbocycles. The summed E-state index contributed by atoms with van der Waals surface area (Å²) in [5, 5.41) is 23.3. The van der Waals surface area contributed by atoms with Crippen molar-refractivity contribution in [1.82, 2.24) is 5.32 Å². The van der Waals surface area contributed by atoms with Gasteiger partial charge < -0.3 is 20.3 Å². The SMILES string of the molecule is CCCCC/C=C\C/C=C\CCCCCCCCCCCC(=O)OCCCCCCCCCCCCCCCCCCCCCCCCCCCCCC(=O)NC(CO)C(O)/C=C/CCCCCCCCCCCCCCCCCCCC. The number of aliphatic hydroxyl groups is 2. The third-order valence-electron chi connectivity index (χ3n) is 17.7. The zero-order chi connectivity index (χ0) is 59.9. The van der Waals surface area contributed by atoms with Crippen molar-refractivity contribution in [2.45, 2.75) is 431 Å². The maximum atomic E-state index is 12.5. The van der Waals surface area contributed by atoms with E-state index in [1.165, 1.54) is 340 Å². The molecule has 1 amide bonds. The fourth-order valence-electron chi connectivity index (χ4n) is 11.9. The number of hydrogen-bond acceptors (Lipinski definition) is 5. The topological polar surface area (TPSA) is 95.9 Å². The molecule has 0 aliphatic heterocycles. The van der Waals surface area contributed by atoms with E-state index in [0.717, 1.165) is 51.4 Å². The minimum absolute atomic E-state index is 0.0146. The number of carbonyl (C=O) groups excluding carboxylic acids is 2. The van der Waals surface area contributed by atoms with Gasteiger partial charge in [0.1, 0.15) is 0 Å². The third kappa shape index (κ3) is 69.1. The Morgan fingerprint density at radius 1 is 0.337 bits per heavy atom. The Hall–Kier alpha value is -1.92. The predicted molar refractivity (Wildman–Crippen MR) is 366 cm³/mol. The highest BCUT2D eigenvalue weighted by Crippen LogP contribution is 2.19. The number of unbranched alkanes of at least 4 members (excludes halogenated alkanes) is 56. The van der Waals surface area contributed by atoms with E-state index in [4.69, 9.17) is 4.74 Å². The standard InChI is InChI=1S/C77H147NO5/c1-3-5-7-9-11-13-15-17-19-21-23-34-37-41-45-49-53-57-61-65-69-75(80)74(73-79)78-76(81)70-66-62-58-54-50-46-42-38-35-31-29-27-25-24-26-28-30-32-36-40-44-48-52-56-60-64-68-72-83-77(82)71-67-63-59-55-51-47-43-39-33-22-20-18-16-14-12-10-8-6-4-2/h12,14,18,20,65,69,74-75,79-80H,3-11,13,15-17,19,21-64,66-68,70-73H2,1-2H3,(H,78,81)/b14-12-,20-18-,69-65+. The molecule has 0 heterocycles. The van der Waals surface area contributed by atoms with Crippen LogP contribution in [0.25, 0.3) is 0 Å². The van der Waals surface area contributed by atoms with Gasteiger partial charge in [-0.2, -0.15) is 0 Å². The van der Waals surface area contributed by atoms with Gasteiger partial charge in [0.2, 0.25) is 5.91 Å². The number of allylic oxidation sites excluding steroid dienone is 5. The Morgan fingerprint density at radius 2 is 0.602 bits per heavy atom. The van der Waals surface area contributed by atoms with Crippen LogP contribution in [0, 0.1) is 0 Å². The number of hydrogen-bond donors (Lipinski definition) is 3. The molecule has 0 radical (unpaired) electrons. The average molecular weight is 1170 g/mol. The first-order valence-electron chi connectivity index (χ1n) is 37.8. The molecule has 0 bridgehead atoms. The Balaban J connectivity index is 3.36. The van der Waals surface area contributed by atoms with Crippen LogP contribution in [0.2, 0.25) is 0 Å². The molecule has 0 aromatic heterocycles. The molecule has 2 unspecified atom stereocenters. The van der Waals surface area contributed by atoms with Crippen LogP contribution in [0.1, 0.15) is 418 Å². The van der Waals surface area contributed by atoms with Crippen molar-refractivity contribution in [3.05, 3.63) is 36.5 Å². The molecule has 0 spiro atoms. The third-order valence-corrected chi connectivity index (χ3v) is 17.7. The van der Waals surface area contributed by atoms with Gasteiger partial charge in [-0.15, -0.1) is 0 Å². The highest BCUT2D eigenvalue weighted by molar-refractivity contribution is 5.76. The molecule has 2 atom stereocenters. The van der Waals surface area contributed by atoms with Crippen molar-refractivity contribution in [2.24, 2.45) is 0 Å². The molecular formula is C77H147NO5. The summed E-state index contributed by atoms with van der Waals surface area (Å²) >= 11 is 0. The molecule has 0 saturated carbocycles. The summed E-state index contributed by atoms with van der Waals surface area (Å²) in [7, 11) is 0. The monoisotopic (exact) mass is 1170 g/mol. The Bertz CT molecular complexity index is 1340. The van der Waals surface area contributed by atoms with Crippen LogP contribution in [-0.4, -0.2) is 47.4 Å². The second kappa shape index (κ2) is 72.6. The first kappa shape index (κ1) is 81.1. The van der Waals surface area contributed by atoms with Gasteiger partial charge >= 0.3 is 5.97 Å². The number of nitrogens with one attached hydrogen (secondary N) is 1. The molecular weight excluding hydrogens is 1020 g/mol. The van der Waals surface area contributed by atoms with E-state index in [9.17, 15) is 19.8 Å². The fraction of sp³-hybridized carbons (Fsp3) is 0.896. The molecule has 490 valence electrons. The Morgan fingerprint density at radius 3 is 0.940 bits per heavy atom. The summed E-state index contributed by atoms with van der Waals surface area (Å²) < 4.78 is 5.51. The lowest BCUT2D eigenvalue weighted by molar-refractivity contribution is -0.143. The molecule has 0 saturated heterocycles. The van der Waals surface area contributed by atoms with E-state index in [0.29, 0.717) is 19.4 Å². The van der Waals surface area contributed by atoms with Gasteiger partial charge in [-0.3, -0.25) is 9.59 Å². The van der Waals surface area contributed by atoms with Crippen molar-refractivity contribution in [3.8, 4) is 0 Å². The van der Waals surface area contributed by atoms with E-state index in [1.807, 2.05) is 6.08 Å². The molecule has 0 aromatic carbocycles. The van der Waals surface area contributed by atoms with E-state index in [-0.39, 0.29) is 18.5 Å². The lowest BCUT2D eigenvalue weighted by atomic mass is 10.0. The zero-order valence-corrected chi connectivity index (χ0v) is 56.2. The maximum Gasteiger partial charge on any atom is 0.305 e. The molecule has 3 N–H and O–H groups in total. The van der Waals surface area contributed by atoms with Gasteiger partial charge in [0.15, 0.2) is 0 Å². The number of carbonyl (C=O) groups is 2. The normalized spacial score (nSPS) is 12.7. The largest absolute Gasteiger partial charge is 0.466 e. The summed E-state index contributed by atoms with van der Waals surface area (Å²) in [6.45, 7) is 4.92. The van der Waals surface area contributed by atoms with Crippen molar-refractivity contribution in [2.75, 3.05) is 13.2 Å². The highest BCUT2D eigenvalue weighted by Gasteiger charge is 2.18. The second-order valence-corrected chi connectivity index (χ2v) is 26.0. The average Bonchev–Trinajstić information content (AvgIpc) is 3.49. The van der Waals surface area contributed by atoms with Gasteiger partial charge in [0.25, 0.3) is 0 Å². The molecule has 0 aromatic rings. The molecule has 0 fully saturated rings. The predicted octanol–water partition coefficient (Wildman–Crippen LogP) is 24.7. The van der Waals surface area contributed by atoms with Gasteiger partial charge in [0.05, 0.1) is 25.4 Å². The van der Waals surface area contributed by atoms with Crippen molar-refractivity contribution in [3.63, 3.8) is 0 Å². The molecule has 6 heteroatoms. The number of esters is 1.